The molecule has 4 nitrogen and oxygen atoms in total. The van der Waals surface area contributed by atoms with E-state index < -0.39 is 0 Å². The molecule has 0 radical (unpaired) electrons. The van der Waals surface area contributed by atoms with Gasteiger partial charge in [-0.25, -0.2) is 4.98 Å². The Labute approximate surface area is 93.1 Å². The van der Waals surface area contributed by atoms with Gasteiger partial charge in [-0.3, -0.25) is 4.79 Å². The molecular formula is C10H15N3OS. The van der Waals surface area contributed by atoms with Crippen molar-refractivity contribution in [1.29, 1.82) is 0 Å². The first kappa shape index (κ1) is 10.6. The van der Waals surface area contributed by atoms with Gasteiger partial charge >= 0.3 is 0 Å². The van der Waals surface area contributed by atoms with E-state index in [0.29, 0.717) is 10.8 Å². The van der Waals surface area contributed by atoms with Gasteiger partial charge in [-0.2, -0.15) is 0 Å². The lowest BCUT2D eigenvalue weighted by Gasteiger charge is -2.06. The van der Waals surface area contributed by atoms with E-state index in [1.165, 1.54) is 11.3 Å². The number of likely N-dealkylation sites (N-methyl/N-ethyl adjacent to an activating group) is 1. The summed E-state index contributed by atoms with van der Waals surface area (Å²) in [7, 11) is 2.11. The van der Waals surface area contributed by atoms with E-state index in [4.69, 9.17) is 5.73 Å². The van der Waals surface area contributed by atoms with Crippen molar-refractivity contribution in [3.05, 3.63) is 15.6 Å². The second kappa shape index (κ2) is 3.90. The molecule has 0 saturated carbocycles. The highest BCUT2D eigenvalue weighted by Crippen LogP contribution is 2.30. The molecular weight excluding hydrogens is 210 g/mol. The summed E-state index contributed by atoms with van der Waals surface area (Å²) >= 11 is 1.45. The van der Waals surface area contributed by atoms with Crippen LogP contribution >= 0.6 is 11.3 Å². The SMILES string of the molecule is Cc1nc(C2CCN(C)C2)sc1C(N)=O. The van der Waals surface area contributed by atoms with Crippen LogP contribution in [-0.2, 0) is 0 Å². The third-order valence-electron chi connectivity index (χ3n) is 2.78. The predicted octanol–water partition coefficient (Wildman–Crippen LogP) is 0.970. The van der Waals surface area contributed by atoms with Crippen LogP contribution in [0.25, 0.3) is 0 Å². The van der Waals surface area contributed by atoms with Crippen molar-refractivity contribution in [3.8, 4) is 0 Å². The molecule has 2 heterocycles. The summed E-state index contributed by atoms with van der Waals surface area (Å²) in [6.45, 7) is 3.99. The van der Waals surface area contributed by atoms with Crippen LogP contribution in [-0.4, -0.2) is 35.9 Å². The molecule has 1 amide bonds. The number of hydrogen-bond acceptors (Lipinski definition) is 4. The number of primary amides is 1. The van der Waals surface area contributed by atoms with Crippen molar-refractivity contribution in [2.45, 2.75) is 19.3 Å². The Bertz CT molecular complexity index is 388. The van der Waals surface area contributed by atoms with E-state index in [1.807, 2.05) is 6.92 Å². The molecule has 0 bridgehead atoms. The predicted molar refractivity (Wildman–Crippen MR) is 60.2 cm³/mol. The monoisotopic (exact) mass is 225 g/mol. The molecule has 1 saturated heterocycles. The van der Waals surface area contributed by atoms with E-state index in [0.717, 1.165) is 30.2 Å². The lowest BCUT2D eigenvalue weighted by molar-refractivity contribution is 0.100. The number of nitrogens with zero attached hydrogens (tertiary/aromatic N) is 2. The summed E-state index contributed by atoms with van der Waals surface area (Å²) in [6, 6.07) is 0. The molecule has 5 heteroatoms. The molecule has 15 heavy (non-hydrogen) atoms. The molecule has 1 atom stereocenters. The molecule has 2 rings (SSSR count). The molecule has 1 aromatic rings. The van der Waals surface area contributed by atoms with Crippen molar-refractivity contribution < 1.29 is 4.79 Å². The average Bonchev–Trinajstić information content (AvgIpc) is 2.71. The summed E-state index contributed by atoms with van der Waals surface area (Å²) in [4.78, 5) is 18.4. The fraction of sp³-hybridized carbons (Fsp3) is 0.600. The summed E-state index contributed by atoms with van der Waals surface area (Å²) in [5, 5.41) is 1.06. The van der Waals surface area contributed by atoms with Crippen LogP contribution in [0.15, 0.2) is 0 Å². The van der Waals surface area contributed by atoms with Crippen LogP contribution in [0.5, 0.6) is 0 Å². The lowest BCUT2D eigenvalue weighted by atomic mass is 10.1. The van der Waals surface area contributed by atoms with Gasteiger partial charge in [-0.15, -0.1) is 11.3 Å². The number of aryl methyl sites for hydroxylation is 1. The molecule has 1 aliphatic heterocycles. The summed E-state index contributed by atoms with van der Waals surface area (Å²) in [5.41, 5.74) is 6.05. The number of rotatable bonds is 2. The molecule has 0 aliphatic carbocycles. The number of aromatic nitrogens is 1. The molecule has 2 N–H and O–H groups in total. The van der Waals surface area contributed by atoms with Crippen LogP contribution in [0.2, 0.25) is 0 Å². The van der Waals surface area contributed by atoms with Crippen LogP contribution in [0.1, 0.15) is 32.7 Å². The quantitative estimate of drug-likeness (QED) is 0.816. The molecule has 1 fully saturated rings. The summed E-state index contributed by atoms with van der Waals surface area (Å²) < 4.78 is 0. The zero-order valence-electron chi connectivity index (χ0n) is 8.99. The smallest absolute Gasteiger partial charge is 0.260 e. The van der Waals surface area contributed by atoms with Gasteiger partial charge < -0.3 is 10.6 Å². The Morgan fingerprint density at radius 2 is 2.40 bits per heavy atom. The first-order valence-corrected chi connectivity index (χ1v) is 5.85. The maximum atomic E-state index is 11.1. The fourth-order valence-corrected chi connectivity index (χ4v) is 3.00. The lowest BCUT2D eigenvalue weighted by Crippen LogP contribution is -2.13. The van der Waals surface area contributed by atoms with Gasteiger partial charge in [-0.05, 0) is 26.9 Å². The van der Waals surface area contributed by atoms with E-state index in [-0.39, 0.29) is 5.91 Å². The molecule has 0 aromatic carbocycles. The average molecular weight is 225 g/mol. The third-order valence-corrected chi connectivity index (χ3v) is 4.11. The van der Waals surface area contributed by atoms with Gasteiger partial charge in [0.2, 0.25) is 0 Å². The van der Waals surface area contributed by atoms with Crippen molar-refractivity contribution >= 4 is 17.2 Å². The first-order valence-electron chi connectivity index (χ1n) is 5.03. The number of hydrogen-bond donors (Lipinski definition) is 1. The zero-order chi connectivity index (χ0) is 11.0. The maximum absolute atomic E-state index is 11.1. The highest BCUT2D eigenvalue weighted by molar-refractivity contribution is 7.13. The van der Waals surface area contributed by atoms with Crippen molar-refractivity contribution in [1.82, 2.24) is 9.88 Å². The minimum atomic E-state index is -0.359. The summed E-state index contributed by atoms with van der Waals surface area (Å²) in [5.74, 6) is 0.120. The van der Waals surface area contributed by atoms with Gasteiger partial charge in [0.15, 0.2) is 0 Å². The summed E-state index contributed by atoms with van der Waals surface area (Å²) in [6.07, 6.45) is 1.13. The largest absolute Gasteiger partial charge is 0.365 e. The molecule has 82 valence electrons. The third kappa shape index (κ3) is 2.03. The second-order valence-corrected chi connectivity index (χ2v) is 5.11. The number of nitrogens with two attached hydrogens (primary N) is 1. The number of amides is 1. The van der Waals surface area contributed by atoms with E-state index in [1.54, 1.807) is 0 Å². The Kier molecular flexibility index (Phi) is 2.75. The van der Waals surface area contributed by atoms with Gasteiger partial charge in [0.25, 0.3) is 5.91 Å². The van der Waals surface area contributed by atoms with Gasteiger partial charge in [0.1, 0.15) is 4.88 Å². The second-order valence-electron chi connectivity index (χ2n) is 4.08. The van der Waals surface area contributed by atoms with E-state index >= 15 is 0 Å². The van der Waals surface area contributed by atoms with Gasteiger partial charge in [0, 0.05) is 12.5 Å². The van der Waals surface area contributed by atoms with Crippen LogP contribution in [0.3, 0.4) is 0 Å². The Hall–Kier alpha value is -0.940. The topological polar surface area (TPSA) is 59.2 Å². The van der Waals surface area contributed by atoms with Crippen molar-refractivity contribution in [2.75, 3.05) is 20.1 Å². The number of carbonyl (C=O) groups is 1. The number of likely N-dealkylation sites (tertiary alicyclic amines) is 1. The highest BCUT2D eigenvalue weighted by atomic mass is 32.1. The zero-order valence-corrected chi connectivity index (χ0v) is 9.80. The Morgan fingerprint density at radius 3 is 2.87 bits per heavy atom. The minimum absolute atomic E-state index is 0.359. The maximum Gasteiger partial charge on any atom is 0.260 e. The standard InChI is InChI=1S/C10H15N3OS/c1-6-8(9(11)14)15-10(12-6)7-3-4-13(2)5-7/h7H,3-5H2,1-2H3,(H2,11,14). The minimum Gasteiger partial charge on any atom is -0.365 e. The number of thiazole rings is 1. The van der Waals surface area contributed by atoms with Crippen LogP contribution < -0.4 is 5.73 Å². The molecule has 0 spiro atoms. The van der Waals surface area contributed by atoms with Gasteiger partial charge in [-0.1, -0.05) is 0 Å². The fourth-order valence-electron chi connectivity index (χ4n) is 1.96. The molecule has 1 unspecified atom stereocenters. The van der Waals surface area contributed by atoms with Crippen molar-refractivity contribution in [2.24, 2.45) is 5.73 Å². The number of carbonyl (C=O) groups excluding carboxylic acids is 1. The normalized spacial score (nSPS) is 22.1. The molecule has 1 aromatic heterocycles. The highest BCUT2D eigenvalue weighted by Gasteiger charge is 2.25. The Morgan fingerprint density at radius 1 is 1.67 bits per heavy atom. The Balaban J connectivity index is 2.23. The van der Waals surface area contributed by atoms with Crippen molar-refractivity contribution in [3.63, 3.8) is 0 Å². The first-order chi connectivity index (χ1) is 7.08. The van der Waals surface area contributed by atoms with Crippen LogP contribution in [0, 0.1) is 6.92 Å². The van der Waals surface area contributed by atoms with E-state index in [9.17, 15) is 4.79 Å². The van der Waals surface area contributed by atoms with Gasteiger partial charge in [0.05, 0.1) is 10.7 Å². The van der Waals surface area contributed by atoms with E-state index in [2.05, 4.69) is 16.9 Å². The van der Waals surface area contributed by atoms with Crippen LogP contribution in [0.4, 0.5) is 0 Å². The molecule has 1 aliphatic rings.